The largest absolute Gasteiger partial charge is 0.468 e. The molecule has 0 aliphatic carbocycles. The summed E-state index contributed by atoms with van der Waals surface area (Å²) in [6.45, 7) is 5.08. The summed E-state index contributed by atoms with van der Waals surface area (Å²) < 4.78 is 4.73. The third-order valence-corrected chi connectivity index (χ3v) is 2.81. The molecular weight excluding hydrogens is 198 g/mol. The third kappa shape index (κ3) is 6.27. The van der Waals surface area contributed by atoms with Gasteiger partial charge >= 0.3 is 5.97 Å². The van der Waals surface area contributed by atoms with E-state index >= 15 is 0 Å². The number of hydrogen-bond donors (Lipinski definition) is 1. The molecule has 4 heteroatoms. The van der Waals surface area contributed by atoms with Crippen LogP contribution in [0.5, 0.6) is 0 Å². The van der Waals surface area contributed by atoms with Crippen molar-refractivity contribution >= 4 is 17.7 Å². The predicted molar refractivity (Wildman–Crippen MR) is 61.7 cm³/mol. The molecule has 0 amide bonds. The van der Waals surface area contributed by atoms with E-state index in [2.05, 4.69) is 19.2 Å². The predicted octanol–water partition coefficient (Wildman–Crippen LogP) is 1.67. The lowest BCUT2D eigenvalue weighted by Crippen LogP contribution is -2.38. The Morgan fingerprint density at radius 2 is 2.21 bits per heavy atom. The van der Waals surface area contributed by atoms with Crippen LogP contribution in [-0.4, -0.2) is 37.2 Å². The van der Waals surface area contributed by atoms with Gasteiger partial charge in [-0.2, -0.15) is 11.8 Å². The van der Waals surface area contributed by atoms with E-state index in [-0.39, 0.29) is 12.0 Å². The van der Waals surface area contributed by atoms with Crippen molar-refractivity contribution < 1.29 is 9.53 Å². The fourth-order valence-electron chi connectivity index (χ4n) is 1.11. The zero-order chi connectivity index (χ0) is 10.8. The topological polar surface area (TPSA) is 38.3 Å². The van der Waals surface area contributed by atoms with Crippen molar-refractivity contribution in [2.24, 2.45) is 0 Å². The maximum Gasteiger partial charge on any atom is 0.322 e. The first-order valence-corrected chi connectivity index (χ1v) is 6.30. The molecule has 0 aromatic carbocycles. The van der Waals surface area contributed by atoms with Crippen molar-refractivity contribution in [3.05, 3.63) is 0 Å². The summed E-state index contributed by atoms with van der Waals surface area (Å²) in [4.78, 5) is 11.3. The van der Waals surface area contributed by atoms with E-state index in [4.69, 9.17) is 4.74 Å². The molecule has 0 aromatic rings. The van der Waals surface area contributed by atoms with Gasteiger partial charge in [-0.05, 0) is 30.9 Å². The monoisotopic (exact) mass is 219 g/mol. The van der Waals surface area contributed by atoms with Crippen LogP contribution >= 0.6 is 11.8 Å². The number of rotatable bonds is 8. The van der Waals surface area contributed by atoms with Crippen LogP contribution < -0.4 is 5.32 Å². The van der Waals surface area contributed by atoms with Crippen LogP contribution in [-0.2, 0) is 9.53 Å². The van der Waals surface area contributed by atoms with Gasteiger partial charge in [0.2, 0.25) is 0 Å². The fourth-order valence-corrected chi connectivity index (χ4v) is 1.80. The van der Waals surface area contributed by atoms with E-state index in [0.717, 1.165) is 30.9 Å². The first-order valence-electron chi connectivity index (χ1n) is 5.15. The number of esters is 1. The Morgan fingerprint density at radius 1 is 1.50 bits per heavy atom. The molecular formula is C10H21NO2S. The van der Waals surface area contributed by atoms with Gasteiger partial charge in [-0.3, -0.25) is 4.79 Å². The second-order valence-electron chi connectivity index (χ2n) is 3.02. The minimum Gasteiger partial charge on any atom is -0.468 e. The molecule has 0 heterocycles. The Morgan fingerprint density at radius 3 is 2.71 bits per heavy atom. The molecule has 1 unspecified atom stereocenters. The van der Waals surface area contributed by atoms with Gasteiger partial charge in [0.15, 0.2) is 0 Å². The van der Waals surface area contributed by atoms with Crippen molar-refractivity contribution in [1.82, 2.24) is 5.32 Å². The van der Waals surface area contributed by atoms with Crippen LogP contribution in [0.3, 0.4) is 0 Å². The second kappa shape index (κ2) is 9.34. The standard InChI is InChI=1S/C10H21NO2S/c1-4-7-11-9(10(12)13-3)6-8-14-5-2/h9,11H,4-8H2,1-3H3. The molecule has 1 N–H and O–H groups in total. The summed E-state index contributed by atoms with van der Waals surface area (Å²) in [5, 5.41) is 3.19. The van der Waals surface area contributed by atoms with Crippen LogP contribution in [0.1, 0.15) is 26.7 Å². The number of methoxy groups -OCH3 is 1. The second-order valence-corrected chi connectivity index (χ2v) is 4.41. The summed E-state index contributed by atoms with van der Waals surface area (Å²) in [5.41, 5.74) is 0. The molecule has 0 spiro atoms. The molecule has 0 saturated heterocycles. The maximum atomic E-state index is 11.3. The summed E-state index contributed by atoms with van der Waals surface area (Å²) in [6.07, 6.45) is 1.89. The summed E-state index contributed by atoms with van der Waals surface area (Å²) in [6, 6.07) is -0.126. The Balaban J connectivity index is 3.78. The van der Waals surface area contributed by atoms with Gasteiger partial charge < -0.3 is 10.1 Å². The normalized spacial score (nSPS) is 12.5. The number of ether oxygens (including phenoxy) is 1. The average molecular weight is 219 g/mol. The Labute approximate surface area is 91.0 Å². The number of nitrogens with one attached hydrogen (secondary N) is 1. The summed E-state index contributed by atoms with van der Waals surface area (Å²) in [7, 11) is 1.44. The minimum absolute atomic E-state index is 0.126. The van der Waals surface area contributed by atoms with Gasteiger partial charge in [0, 0.05) is 0 Å². The third-order valence-electron chi connectivity index (χ3n) is 1.88. The van der Waals surface area contributed by atoms with Crippen LogP contribution in [0.15, 0.2) is 0 Å². The highest BCUT2D eigenvalue weighted by molar-refractivity contribution is 7.99. The minimum atomic E-state index is -0.143. The quantitative estimate of drug-likeness (QED) is 0.498. The molecule has 1 atom stereocenters. The smallest absolute Gasteiger partial charge is 0.322 e. The highest BCUT2D eigenvalue weighted by atomic mass is 32.2. The highest BCUT2D eigenvalue weighted by Gasteiger charge is 2.16. The van der Waals surface area contributed by atoms with Crippen LogP contribution in [0, 0.1) is 0 Å². The fraction of sp³-hybridized carbons (Fsp3) is 0.900. The summed E-state index contributed by atoms with van der Waals surface area (Å²) >= 11 is 1.85. The van der Waals surface area contributed by atoms with Crippen molar-refractivity contribution in [1.29, 1.82) is 0 Å². The Bertz CT molecular complexity index is 153. The summed E-state index contributed by atoms with van der Waals surface area (Å²) in [5.74, 6) is 1.96. The lowest BCUT2D eigenvalue weighted by molar-refractivity contribution is -0.143. The van der Waals surface area contributed by atoms with E-state index in [1.54, 1.807) is 0 Å². The van der Waals surface area contributed by atoms with Crippen LogP contribution in [0.2, 0.25) is 0 Å². The Kier molecular flexibility index (Phi) is 9.19. The first kappa shape index (κ1) is 13.8. The number of hydrogen-bond acceptors (Lipinski definition) is 4. The highest BCUT2D eigenvalue weighted by Crippen LogP contribution is 2.05. The maximum absolute atomic E-state index is 11.3. The van der Waals surface area contributed by atoms with Gasteiger partial charge in [-0.1, -0.05) is 13.8 Å². The number of thioether (sulfide) groups is 1. The van der Waals surface area contributed by atoms with E-state index < -0.39 is 0 Å². The van der Waals surface area contributed by atoms with E-state index in [9.17, 15) is 4.79 Å². The Hall–Kier alpha value is -0.220. The first-order chi connectivity index (χ1) is 6.76. The van der Waals surface area contributed by atoms with Crippen molar-refractivity contribution in [3.63, 3.8) is 0 Å². The van der Waals surface area contributed by atoms with Crippen LogP contribution in [0.25, 0.3) is 0 Å². The average Bonchev–Trinajstić information content (AvgIpc) is 2.22. The van der Waals surface area contributed by atoms with E-state index in [1.165, 1.54) is 7.11 Å². The van der Waals surface area contributed by atoms with E-state index in [0.29, 0.717) is 0 Å². The molecule has 0 bridgehead atoms. The lowest BCUT2D eigenvalue weighted by Gasteiger charge is -2.15. The molecule has 0 radical (unpaired) electrons. The molecule has 3 nitrogen and oxygen atoms in total. The molecule has 0 aromatic heterocycles. The van der Waals surface area contributed by atoms with Crippen LogP contribution in [0.4, 0.5) is 0 Å². The molecule has 0 rings (SSSR count). The van der Waals surface area contributed by atoms with Gasteiger partial charge in [0.1, 0.15) is 6.04 Å². The lowest BCUT2D eigenvalue weighted by atomic mass is 10.2. The zero-order valence-corrected chi connectivity index (χ0v) is 10.2. The number of carbonyl (C=O) groups is 1. The zero-order valence-electron chi connectivity index (χ0n) is 9.34. The van der Waals surface area contributed by atoms with Gasteiger partial charge in [0.25, 0.3) is 0 Å². The number of carbonyl (C=O) groups excluding carboxylic acids is 1. The van der Waals surface area contributed by atoms with Gasteiger partial charge in [0.05, 0.1) is 7.11 Å². The SMILES string of the molecule is CCCNC(CCSCC)C(=O)OC. The van der Waals surface area contributed by atoms with Crippen molar-refractivity contribution in [2.45, 2.75) is 32.7 Å². The molecule has 0 saturated carbocycles. The van der Waals surface area contributed by atoms with Gasteiger partial charge in [-0.15, -0.1) is 0 Å². The molecule has 14 heavy (non-hydrogen) atoms. The molecule has 0 aliphatic heterocycles. The van der Waals surface area contributed by atoms with Crippen molar-refractivity contribution in [3.8, 4) is 0 Å². The van der Waals surface area contributed by atoms with Crippen molar-refractivity contribution in [2.75, 3.05) is 25.2 Å². The molecule has 0 aliphatic rings. The molecule has 84 valence electrons. The van der Waals surface area contributed by atoms with E-state index in [1.807, 2.05) is 11.8 Å². The molecule has 0 fully saturated rings. The van der Waals surface area contributed by atoms with Gasteiger partial charge in [-0.25, -0.2) is 0 Å².